The number of aromatic nitrogens is 4. The molecule has 1 aliphatic rings. The summed E-state index contributed by atoms with van der Waals surface area (Å²) in [7, 11) is 0. The van der Waals surface area contributed by atoms with Gasteiger partial charge in [0.1, 0.15) is 0 Å². The van der Waals surface area contributed by atoms with Crippen molar-refractivity contribution in [3.63, 3.8) is 0 Å². The van der Waals surface area contributed by atoms with Crippen LogP contribution in [-0.4, -0.2) is 37.5 Å². The lowest BCUT2D eigenvalue weighted by Crippen LogP contribution is -2.44. The highest BCUT2D eigenvalue weighted by Gasteiger charge is 2.28. The molecule has 1 amide bonds. The fourth-order valence-corrected chi connectivity index (χ4v) is 4.37. The molecular formula is C19H27N5OS. The van der Waals surface area contributed by atoms with Crippen LogP contribution in [0.2, 0.25) is 0 Å². The molecule has 2 heterocycles. The van der Waals surface area contributed by atoms with Gasteiger partial charge in [0.05, 0.1) is 5.75 Å². The van der Waals surface area contributed by atoms with Gasteiger partial charge >= 0.3 is 0 Å². The summed E-state index contributed by atoms with van der Waals surface area (Å²) in [6.07, 6.45) is 7.04. The number of hydrogen-bond donors (Lipinski definition) is 1. The molecule has 2 aromatic heterocycles. The second-order valence-corrected chi connectivity index (χ2v) is 7.96. The number of carbonyl (C=O) groups is 1. The van der Waals surface area contributed by atoms with Crippen LogP contribution in [0, 0.1) is 11.8 Å². The van der Waals surface area contributed by atoms with Crippen molar-refractivity contribution in [3.05, 3.63) is 24.5 Å². The van der Waals surface area contributed by atoms with Gasteiger partial charge in [0, 0.05) is 30.5 Å². The fourth-order valence-electron chi connectivity index (χ4n) is 3.56. The van der Waals surface area contributed by atoms with Gasteiger partial charge in [0.15, 0.2) is 11.0 Å². The first-order chi connectivity index (χ1) is 12.6. The maximum absolute atomic E-state index is 12.4. The molecule has 2 aromatic rings. The summed E-state index contributed by atoms with van der Waals surface area (Å²) in [5, 5.41) is 12.6. The number of nitrogens with zero attached hydrogens (tertiary/aromatic N) is 4. The Labute approximate surface area is 159 Å². The third-order valence-corrected chi connectivity index (χ3v) is 6.32. The summed E-state index contributed by atoms with van der Waals surface area (Å²) in [6.45, 7) is 7.34. The highest BCUT2D eigenvalue weighted by atomic mass is 32.2. The van der Waals surface area contributed by atoms with Gasteiger partial charge in [-0.05, 0) is 37.3 Å². The van der Waals surface area contributed by atoms with Crippen LogP contribution in [0.3, 0.4) is 0 Å². The molecule has 0 saturated heterocycles. The molecule has 1 aliphatic carbocycles. The summed E-state index contributed by atoms with van der Waals surface area (Å²) in [6, 6.07) is 4.13. The van der Waals surface area contributed by atoms with E-state index in [1.807, 2.05) is 16.7 Å². The molecule has 0 radical (unpaired) electrons. The maximum atomic E-state index is 12.4. The van der Waals surface area contributed by atoms with Gasteiger partial charge in [-0.2, -0.15) is 0 Å². The first-order valence-corrected chi connectivity index (χ1v) is 10.3. The lowest BCUT2D eigenvalue weighted by atomic mass is 9.78. The Hall–Kier alpha value is -1.89. The van der Waals surface area contributed by atoms with E-state index in [4.69, 9.17) is 0 Å². The summed E-state index contributed by atoms with van der Waals surface area (Å²) in [5.41, 5.74) is 0.982. The third-order valence-electron chi connectivity index (χ3n) is 5.36. The normalized spacial score (nSPS) is 23.0. The minimum atomic E-state index is 0.0806. The van der Waals surface area contributed by atoms with E-state index in [1.54, 1.807) is 12.4 Å². The van der Waals surface area contributed by atoms with E-state index < -0.39 is 0 Å². The van der Waals surface area contributed by atoms with E-state index in [0.717, 1.165) is 29.5 Å². The number of hydrogen-bond acceptors (Lipinski definition) is 5. The quantitative estimate of drug-likeness (QED) is 0.786. The van der Waals surface area contributed by atoms with Crippen molar-refractivity contribution in [2.75, 3.05) is 5.75 Å². The van der Waals surface area contributed by atoms with Crippen LogP contribution in [-0.2, 0) is 11.3 Å². The van der Waals surface area contributed by atoms with Gasteiger partial charge in [-0.3, -0.25) is 9.78 Å². The van der Waals surface area contributed by atoms with Crippen LogP contribution < -0.4 is 5.32 Å². The Balaban J connectivity index is 1.61. The van der Waals surface area contributed by atoms with Crippen molar-refractivity contribution in [1.82, 2.24) is 25.1 Å². The SMILES string of the molecule is CCn1c(SCC(=O)N[C@H]2CCC[C@H](C)[C@@H]2C)nnc1-c1ccncc1. The minimum Gasteiger partial charge on any atom is -0.352 e. The zero-order valence-corrected chi connectivity index (χ0v) is 16.5. The molecule has 0 bridgehead atoms. The van der Waals surface area contributed by atoms with Crippen molar-refractivity contribution < 1.29 is 4.79 Å². The highest BCUT2D eigenvalue weighted by Crippen LogP contribution is 2.29. The lowest BCUT2D eigenvalue weighted by molar-refractivity contribution is -0.120. The molecule has 1 fully saturated rings. The number of nitrogens with one attached hydrogen (secondary N) is 1. The van der Waals surface area contributed by atoms with Crippen LogP contribution in [0.25, 0.3) is 11.4 Å². The summed E-state index contributed by atoms with van der Waals surface area (Å²) in [4.78, 5) is 16.5. The molecule has 0 aliphatic heterocycles. The number of thioether (sulfide) groups is 1. The van der Waals surface area contributed by atoms with Crippen LogP contribution >= 0.6 is 11.8 Å². The van der Waals surface area contributed by atoms with E-state index in [1.165, 1.54) is 24.6 Å². The molecular weight excluding hydrogens is 346 g/mol. The van der Waals surface area contributed by atoms with E-state index in [-0.39, 0.29) is 5.91 Å². The summed E-state index contributed by atoms with van der Waals surface area (Å²) < 4.78 is 2.04. The monoisotopic (exact) mass is 373 g/mol. The smallest absolute Gasteiger partial charge is 0.230 e. The number of amides is 1. The topological polar surface area (TPSA) is 72.7 Å². The number of pyridine rings is 1. The first-order valence-electron chi connectivity index (χ1n) is 9.36. The van der Waals surface area contributed by atoms with E-state index in [0.29, 0.717) is 23.6 Å². The highest BCUT2D eigenvalue weighted by molar-refractivity contribution is 7.99. The second-order valence-electron chi connectivity index (χ2n) is 7.02. The van der Waals surface area contributed by atoms with E-state index in [2.05, 4.69) is 41.3 Å². The van der Waals surface area contributed by atoms with Crippen molar-refractivity contribution in [3.8, 4) is 11.4 Å². The second kappa shape index (κ2) is 8.66. The molecule has 1 saturated carbocycles. The molecule has 3 rings (SSSR count). The molecule has 6 nitrogen and oxygen atoms in total. The molecule has 1 N–H and O–H groups in total. The van der Waals surface area contributed by atoms with Gasteiger partial charge in [0.2, 0.25) is 5.91 Å². The molecule has 26 heavy (non-hydrogen) atoms. The third kappa shape index (κ3) is 4.26. The maximum Gasteiger partial charge on any atom is 0.230 e. The van der Waals surface area contributed by atoms with Gasteiger partial charge in [-0.1, -0.05) is 38.5 Å². The lowest BCUT2D eigenvalue weighted by Gasteiger charge is -2.34. The van der Waals surface area contributed by atoms with E-state index in [9.17, 15) is 4.79 Å². The molecule has 140 valence electrons. The number of rotatable bonds is 6. The standard InChI is InChI=1S/C19H27N5OS/c1-4-24-18(15-8-10-20-11-9-15)22-23-19(24)26-12-17(25)21-16-7-5-6-13(2)14(16)3/h8-11,13-14,16H,4-7,12H2,1-3H3,(H,21,25)/t13-,14-,16-/m0/s1. The predicted molar refractivity (Wildman–Crippen MR) is 104 cm³/mol. The fraction of sp³-hybridized carbons (Fsp3) is 0.579. The average Bonchev–Trinajstić information content (AvgIpc) is 3.07. The molecule has 7 heteroatoms. The van der Waals surface area contributed by atoms with E-state index >= 15 is 0 Å². The average molecular weight is 374 g/mol. The van der Waals surface area contributed by atoms with Gasteiger partial charge in [-0.25, -0.2) is 0 Å². The minimum absolute atomic E-state index is 0.0806. The molecule has 0 unspecified atom stereocenters. The first kappa shape index (κ1) is 18.9. The van der Waals surface area contributed by atoms with Crippen molar-refractivity contribution in [2.24, 2.45) is 11.8 Å². The zero-order chi connectivity index (χ0) is 18.5. The predicted octanol–water partition coefficient (Wildman–Crippen LogP) is 3.39. The zero-order valence-electron chi connectivity index (χ0n) is 15.7. The summed E-state index contributed by atoms with van der Waals surface area (Å²) >= 11 is 1.45. The van der Waals surface area contributed by atoms with Crippen molar-refractivity contribution >= 4 is 17.7 Å². The van der Waals surface area contributed by atoms with Crippen LogP contribution in [0.1, 0.15) is 40.0 Å². The van der Waals surface area contributed by atoms with Crippen LogP contribution in [0.15, 0.2) is 29.7 Å². The Kier molecular flexibility index (Phi) is 6.29. The molecule has 0 spiro atoms. The Bertz CT molecular complexity index is 733. The van der Waals surface area contributed by atoms with Gasteiger partial charge in [-0.15, -0.1) is 10.2 Å². The molecule has 0 aromatic carbocycles. The Morgan fingerprint density at radius 2 is 2.04 bits per heavy atom. The Morgan fingerprint density at radius 3 is 2.77 bits per heavy atom. The van der Waals surface area contributed by atoms with Gasteiger partial charge in [0.25, 0.3) is 0 Å². The number of carbonyl (C=O) groups excluding carboxylic acids is 1. The molecule has 3 atom stereocenters. The van der Waals surface area contributed by atoms with Crippen LogP contribution in [0.5, 0.6) is 0 Å². The van der Waals surface area contributed by atoms with Crippen molar-refractivity contribution in [1.29, 1.82) is 0 Å². The largest absolute Gasteiger partial charge is 0.352 e. The Morgan fingerprint density at radius 1 is 1.27 bits per heavy atom. The summed E-state index contributed by atoms with van der Waals surface area (Å²) in [5.74, 6) is 2.47. The van der Waals surface area contributed by atoms with Gasteiger partial charge < -0.3 is 9.88 Å². The van der Waals surface area contributed by atoms with Crippen molar-refractivity contribution in [2.45, 2.75) is 57.8 Å². The van der Waals surface area contributed by atoms with Crippen LogP contribution in [0.4, 0.5) is 0 Å².